The summed E-state index contributed by atoms with van der Waals surface area (Å²) < 4.78 is 4.96. The first-order valence-electron chi connectivity index (χ1n) is 3.82. The smallest absolute Gasteiger partial charge is 0.335 e. The van der Waals surface area contributed by atoms with Crippen molar-refractivity contribution in [1.82, 2.24) is 0 Å². The van der Waals surface area contributed by atoms with E-state index in [2.05, 4.69) is 0 Å². The van der Waals surface area contributed by atoms with Gasteiger partial charge in [-0.2, -0.15) is 0 Å². The minimum Gasteiger partial charge on any atom is -0.479 e. The van der Waals surface area contributed by atoms with Crippen molar-refractivity contribution in [3.63, 3.8) is 0 Å². The van der Waals surface area contributed by atoms with Crippen LogP contribution in [-0.2, 0) is 9.53 Å². The molecule has 13 heavy (non-hydrogen) atoms. The highest BCUT2D eigenvalue weighted by molar-refractivity contribution is 6.30. The van der Waals surface area contributed by atoms with Crippen LogP contribution in [0.1, 0.15) is 11.7 Å². The molecule has 0 amide bonds. The average molecular weight is 199 g/mol. The zero-order valence-corrected chi connectivity index (χ0v) is 7.36. The average Bonchev–Trinajstić information content (AvgIpc) is 2.85. The van der Waals surface area contributed by atoms with E-state index in [0.717, 1.165) is 5.56 Å². The molecule has 1 aliphatic heterocycles. The van der Waals surface area contributed by atoms with Crippen molar-refractivity contribution >= 4 is 17.6 Å². The molecule has 68 valence electrons. The van der Waals surface area contributed by atoms with Gasteiger partial charge in [-0.3, -0.25) is 0 Å². The lowest BCUT2D eigenvalue weighted by Gasteiger charge is -1.94. The summed E-state index contributed by atoms with van der Waals surface area (Å²) >= 11 is 5.68. The maximum Gasteiger partial charge on any atom is 0.335 e. The maximum absolute atomic E-state index is 10.5. The maximum atomic E-state index is 10.5. The van der Waals surface area contributed by atoms with Crippen molar-refractivity contribution in [2.45, 2.75) is 12.2 Å². The van der Waals surface area contributed by atoms with Crippen LogP contribution < -0.4 is 0 Å². The largest absolute Gasteiger partial charge is 0.479 e. The molecule has 1 saturated heterocycles. The number of halogens is 1. The number of hydrogen-bond donors (Lipinski definition) is 1. The van der Waals surface area contributed by atoms with Gasteiger partial charge in [-0.15, -0.1) is 0 Å². The third-order valence-electron chi connectivity index (χ3n) is 1.93. The van der Waals surface area contributed by atoms with Crippen molar-refractivity contribution in [3.05, 3.63) is 34.9 Å². The summed E-state index contributed by atoms with van der Waals surface area (Å²) in [7, 11) is 0. The molecule has 1 aromatic rings. The van der Waals surface area contributed by atoms with Crippen molar-refractivity contribution < 1.29 is 14.6 Å². The Morgan fingerprint density at radius 3 is 2.46 bits per heavy atom. The monoisotopic (exact) mass is 198 g/mol. The zero-order valence-electron chi connectivity index (χ0n) is 6.61. The van der Waals surface area contributed by atoms with Crippen LogP contribution in [0, 0.1) is 0 Å². The van der Waals surface area contributed by atoms with Crippen LogP contribution in [-0.4, -0.2) is 17.2 Å². The highest BCUT2D eigenvalue weighted by atomic mass is 35.5. The summed E-state index contributed by atoms with van der Waals surface area (Å²) in [6.45, 7) is 0. The summed E-state index contributed by atoms with van der Waals surface area (Å²) in [4.78, 5) is 10.5. The number of epoxide rings is 1. The molecule has 0 radical (unpaired) electrons. The molecule has 0 aliphatic carbocycles. The normalized spacial score (nSPS) is 25.6. The molecular formula is C9H7ClO3. The van der Waals surface area contributed by atoms with Gasteiger partial charge in [0.25, 0.3) is 0 Å². The number of hydrogen-bond acceptors (Lipinski definition) is 2. The second kappa shape index (κ2) is 3.01. The van der Waals surface area contributed by atoms with Crippen LogP contribution >= 0.6 is 11.6 Å². The van der Waals surface area contributed by atoms with Gasteiger partial charge in [0.1, 0.15) is 6.10 Å². The van der Waals surface area contributed by atoms with Crippen molar-refractivity contribution in [2.24, 2.45) is 0 Å². The van der Waals surface area contributed by atoms with E-state index < -0.39 is 12.1 Å². The molecule has 1 aliphatic rings. The second-order valence-electron chi connectivity index (χ2n) is 2.87. The van der Waals surface area contributed by atoms with Gasteiger partial charge in [0.15, 0.2) is 6.10 Å². The number of carboxylic acids is 1. The highest BCUT2D eigenvalue weighted by Crippen LogP contribution is 2.38. The first-order chi connectivity index (χ1) is 6.18. The van der Waals surface area contributed by atoms with Crippen LogP contribution in [0.2, 0.25) is 5.02 Å². The molecule has 2 atom stereocenters. The van der Waals surface area contributed by atoms with E-state index >= 15 is 0 Å². The lowest BCUT2D eigenvalue weighted by Crippen LogP contribution is -2.04. The molecular weight excluding hydrogens is 192 g/mol. The van der Waals surface area contributed by atoms with E-state index in [0.29, 0.717) is 5.02 Å². The Morgan fingerprint density at radius 2 is 2.00 bits per heavy atom. The minimum atomic E-state index is -0.917. The van der Waals surface area contributed by atoms with Crippen molar-refractivity contribution in [3.8, 4) is 0 Å². The third-order valence-corrected chi connectivity index (χ3v) is 2.19. The van der Waals surface area contributed by atoms with Gasteiger partial charge in [0.2, 0.25) is 0 Å². The molecule has 0 saturated carbocycles. The summed E-state index contributed by atoms with van der Waals surface area (Å²) in [6, 6.07) is 6.99. The fourth-order valence-electron chi connectivity index (χ4n) is 1.21. The van der Waals surface area contributed by atoms with E-state index in [1.165, 1.54) is 0 Å². The molecule has 0 unspecified atom stereocenters. The van der Waals surface area contributed by atoms with Crippen molar-refractivity contribution in [2.75, 3.05) is 0 Å². The van der Waals surface area contributed by atoms with Gasteiger partial charge in [-0.05, 0) is 17.7 Å². The zero-order chi connectivity index (χ0) is 9.42. The summed E-state index contributed by atoms with van der Waals surface area (Å²) in [5.41, 5.74) is 0.858. The number of benzene rings is 1. The molecule has 0 bridgehead atoms. The standard InChI is InChI=1S/C9H7ClO3/c10-6-3-1-5(2-4-6)7-8(13-7)9(11)12/h1-4,7-8H,(H,11,12)/t7-,8+/m0/s1. The number of ether oxygens (including phenoxy) is 1. The van der Waals surface area contributed by atoms with Crippen LogP contribution in [0.3, 0.4) is 0 Å². The Bertz CT molecular complexity index is 333. The van der Waals surface area contributed by atoms with Crippen molar-refractivity contribution in [1.29, 1.82) is 0 Å². The van der Waals surface area contributed by atoms with E-state index in [1.54, 1.807) is 24.3 Å². The number of carbonyl (C=O) groups is 1. The first-order valence-corrected chi connectivity index (χ1v) is 4.20. The van der Waals surface area contributed by atoms with Gasteiger partial charge in [-0.1, -0.05) is 23.7 Å². The Hall–Kier alpha value is -1.06. The van der Waals surface area contributed by atoms with E-state index in [1.807, 2.05) is 0 Å². The molecule has 4 heteroatoms. The van der Waals surface area contributed by atoms with Gasteiger partial charge in [0.05, 0.1) is 0 Å². The van der Waals surface area contributed by atoms with E-state index in [9.17, 15) is 4.79 Å². The van der Waals surface area contributed by atoms with Gasteiger partial charge < -0.3 is 9.84 Å². The summed E-state index contributed by atoms with van der Waals surface area (Å²) in [6.07, 6.45) is -0.976. The second-order valence-corrected chi connectivity index (χ2v) is 3.30. The molecule has 3 nitrogen and oxygen atoms in total. The third kappa shape index (κ3) is 1.66. The molecule has 1 fully saturated rings. The molecule has 1 heterocycles. The van der Waals surface area contributed by atoms with E-state index in [-0.39, 0.29) is 6.10 Å². The van der Waals surface area contributed by atoms with Gasteiger partial charge >= 0.3 is 5.97 Å². The molecule has 0 spiro atoms. The Balaban J connectivity index is 2.12. The fraction of sp³-hybridized carbons (Fsp3) is 0.222. The predicted octanol–water partition coefficient (Wildman–Crippen LogP) is 1.86. The van der Waals surface area contributed by atoms with Gasteiger partial charge in [0, 0.05) is 5.02 Å². The van der Waals surface area contributed by atoms with E-state index in [4.69, 9.17) is 21.4 Å². The van der Waals surface area contributed by atoms with Crippen LogP contribution in [0.4, 0.5) is 0 Å². The summed E-state index contributed by atoms with van der Waals surface area (Å²) in [5, 5.41) is 9.22. The number of carboxylic acid groups (broad SMARTS) is 1. The fourth-order valence-corrected chi connectivity index (χ4v) is 1.33. The lowest BCUT2D eigenvalue weighted by molar-refractivity contribution is -0.138. The Kier molecular flexibility index (Phi) is 1.98. The van der Waals surface area contributed by atoms with Crippen LogP contribution in [0.25, 0.3) is 0 Å². The Labute approximate surface area is 79.9 Å². The van der Waals surface area contributed by atoms with Gasteiger partial charge in [-0.25, -0.2) is 4.79 Å². The topological polar surface area (TPSA) is 49.8 Å². The quantitative estimate of drug-likeness (QED) is 0.738. The number of rotatable bonds is 2. The first kappa shape index (κ1) is 8.53. The lowest BCUT2D eigenvalue weighted by atomic mass is 10.1. The van der Waals surface area contributed by atoms with Crippen LogP contribution in [0.5, 0.6) is 0 Å². The Morgan fingerprint density at radius 1 is 1.38 bits per heavy atom. The predicted molar refractivity (Wildman–Crippen MR) is 46.7 cm³/mol. The molecule has 2 rings (SSSR count). The number of aliphatic carboxylic acids is 1. The van der Waals surface area contributed by atoms with Crippen LogP contribution in [0.15, 0.2) is 24.3 Å². The highest BCUT2D eigenvalue weighted by Gasteiger charge is 2.46. The SMILES string of the molecule is O=C(O)[C@@H]1O[C@H]1c1ccc(Cl)cc1. The minimum absolute atomic E-state index is 0.297. The summed E-state index contributed by atoms with van der Waals surface area (Å²) in [5.74, 6) is -0.917. The molecule has 1 aromatic carbocycles. The molecule has 0 aromatic heterocycles. The molecule has 1 N–H and O–H groups in total.